The monoisotopic (exact) mass is 293 g/mol. The van der Waals surface area contributed by atoms with Gasteiger partial charge in [0.1, 0.15) is 12.4 Å². The first-order chi connectivity index (χ1) is 9.70. The van der Waals surface area contributed by atoms with Crippen LogP contribution < -0.4 is 10.1 Å². The van der Waals surface area contributed by atoms with Gasteiger partial charge in [0, 0.05) is 29.0 Å². The molecule has 1 atom stereocenters. The van der Waals surface area contributed by atoms with Crippen LogP contribution in [0.15, 0.2) is 36.9 Å². The molecule has 20 heavy (non-hydrogen) atoms. The van der Waals surface area contributed by atoms with Crippen LogP contribution in [-0.4, -0.2) is 22.7 Å². The van der Waals surface area contributed by atoms with Crippen LogP contribution in [0.5, 0.6) is 5.75 Å². The summed E-state index contributed by atoms with van der Waals surface area (Å²) >= 11 is 6.08. The third-order valence-corrected chi connectivity index (χ3v) is 3.35. The summed E-state index contributed by atoms with van der Waals surface area (Å²) in [6.45, 7) is 6.47. The van der Waals surface area contributed by atoms with E-state index in [1.54, 1.807) is 12.5 Å². The molecule has 1 aromatic heterocycles. The van der Waals surface area contributed by atoms with Crippen molar-refractivity contribution in [3.63, 3.8) is 0 Å². The highest BCUT2D eigenvalue weighted by Gasteiger charge is 2.11. The summed E-state index contributed by atoms with van der Waals surface area (Å²) in [5.74, 6) is 0.878. The van der Waals surface area contributed by atoms with Crippen molar-refractivity contribution in [1.82, 2.24) is 14.9 Å². The van der Waals surface area contributed by atoms with Gasteiger partial charge in [0.05, 0.1) is 12.9 Å². The SMILES string of the molecule is CCNC(C)c1cc(Cl)ccc1OCCn1ccnc1. The number of nitrogens with zero attached hydrogens (tertiary/aromatic N) is 2. The molecule has 108 valence electrons. The van der Waals surface area contributed by atoms with E-state index in [-0.39, 0.29) is 6.04 Å². The Morgan fingerprint density at radius 2 is 2.30 bits per heavy atom. The van der Waals surface area contributed by atoms with Crippen molar-refractivity contribution in [2.45, 2.75) is 26.4 Å². The Labute approximate surface area is 124 Å². The minimum Gasteiger partial charge on any atom is -0.491 e. The first-order valence-electron chi connectivity index (χ1n) is 6.82. The molecule has 0 spiro atoms. The Hall–Kier alpha value is -1.52. The van der Waals surface area contributed by atoms with Crippen molar-refractivity contribution in [1.29, 1.82) is 0 Å². The molecule has 4 nitrogen and oxygen atoms in total. The van der Waals surface area contributed by atoms with Crippen LogP contribution in [0.25, 0.3) is 0 Å². The highest BCUT2D eigenvalue weighted by molar-refractivity contribution is 6.30. The van der Waals surface area contributed by atoms with Gasteiger partial charge in [-0.25, -0.2) is 4.98 Å². The van der Waals surface area contributed by atoms with Gasteiger partial charge in [0.25, 0.3) is 0 Å². The van der Waals surface area contributed by atoms with Gasteiger partial charge in [-0.1, -0.05) is 18.5 Å². The molecule has 0 aliphatic rings. The average Bonchev–Trinajstić information content (AvgIpc) is 2.94. The van der Waals surface area contributed by atoms with Gasteiger partial charge in [0.2, 0.25) is 0 Å². The highest BCUT2D eigenvalue weighted by atomic mass is 35.5. The number of hydrogen-bond donors (Lipinski definition) is 1. The number of ether oxygens (including phenoxy) is 1. The molecule has 0 amide bonds. The quantitative estimate of drug-likeness (QED) is 0.851. The maximum atomic E-state index is 6.08. The van der Waals surface area contributed by atoms with E-state index in [9.17, 15) is 0 Å². The smallest absolute Gasteiger partial charge is 0.124 e. The van der Waals surface area contributed by atoms with E-state index < -0.39 is 0 Å². The van der Waals surface area contributed by atoms with E-state index in [4.69, 9.17) is 16.3 Å². The first-order valence-corrected chi connectivity index (χ1v) is 7.20. The second kappa shape index (κ2) is 7.31. The standard InChI is InChI=1S/C15H20ClN3O/c1-3-18-12(2)14-10-13(16)4-5-15(14)20-9-8-19-7-6-17-11-19/h4-7,10-12,18H,3,8-9H2,1-2H3. The third-order valence-electron chi connectivity index (χ3n) is 3.11. The Balaban J connectivity index is 2.02. The molecule has 0 radical (unpaired) electrons. The van der Waals surface area contributed by atoms with Crippen LogP contribution in [0, 0.1) is 0 Å². The molecule has 0 fully saturated rings. The van der Waals surface area contributed by atoms with Gasteiger partial charge < -0.3 is 14.6 Å². The number of imidazole rings is 1. The fourth-order valence-electron chi connectivity index (χ4n) is 2.09. The van der Waals surface area contributed by atoms with E-state index in [1.807, 2.05) is 29.0 Å². The van der Waals surface area contributed by atoms with Crippen LogP contribution in [0.2, 0.25) is 5.02 Å². The average molecular weight is 294 g/mol. The molecule has 0 saturated carbocycles. The number of hydrogen-bond acceptors (Lipinski definition) is 3. The van der Waals surface area contributed by atoms with Crippen molar-refractivity contribution in [3.05, 3.63) is 47.5 Å². The molecule has 0 bridgehead atoms. The molecule has 0 aliphatic carbocycles. The normalized spacial score (nSPS) is 12.3. The van der Waals surface area contributed by atoms with Crippen LogP contribution >= 0.6 is 11.6 Å². The summed E-state index contributed by atoms with van der Waals surface area (Å²) in [7, 11) is 0. The molecule has 1 unspecified atom stereocenters. The lowest BCUT2D eigenvalue weighted by molar-refractivity contribution is 0.293. The van der Waals surface area contributed by atoms with Gasteiger partial charge in [-0.05, 0) is 31.7 Å². The maximum absolute atomic E-state index is 6.08. The van der Waals surface area contributed by atoms with E-state index >= 15 is 0 Å². The van der Waals surface area contributed by atoms with Gasteiger partial charge in [0.15, 0.2) is 0 Å². The third kappa shape index (κ3) is 3.99. The second-order valence-electron chi connectivity index (χ2n) is 4.61. The number of nitrogens with one attached hydrogen (secondary N) is 1. The molecule has 0 aliphatic heterocycles. The largest absolute Gasteiger partial charge is 0.491 e. The van der Waals surface area contributed by atoms with Crippen LogP contribution in [0.4, 0.5) is 0 Å². The lowest BCUT2D eigenvalue weighted by Gasteiger charge is -2.18. The van der Waals surface area contributed by atoms with Crippen molar-refractivity contribution in [2.24, 2.45) is 0 Å². The second-order valence-corrected chi connectivity index (χ2v) is 5.05. The molecule has 2 aromatic rings. The molecular weight excluding hydrogens is 274 g/mol. The van der Waals surface area contributed by atoms with Gasteiger partial charge in [-0.15, -0.1) is 0 Å². The number of aromatic nitrogens is 2. The van der Waals surface area contributed by atoms with Crippen molar-refractivity contribution in [2.75, 3.05) is 13.2 Å². The fraction of sp³-hybridized carbons (Fsp3) is 0.400. The molecule has 1 aromatic carbocycles. The van der Waals surface area contributed by atoms with Crippen molar-refractivity contribution < 1.29 is 4.74 Å². The zero-order chi connectivity index (χ0) is 14.4. The number of halogens is 1. The van der Waals surface area contributed by atoms with Gasteiger partial charge in [-0.2, -0.15) is 0 Å². The topological polar surface area (TPSA) is 39.1 Å². The molecule has 5 heteroatoms. The lowest BCUT2D eigenvalue weighted by Crippen LogP contribution is -2.19. The fourth-order valence-corrected chi connectivity index (χ4v) is 2.27. The molecular formula is C15H20ClN3O. The summed E-state index contributed by atoms with van der Waals surface area (Å²) in [4.78, 5) is 4.01. The first kappa shape index (κ1) is 14.9. The summed E-state index contributed by atoms with van der Waals surface area (Å²) in [5, 5.41) is 4.11. The van der Waals surface area contributed by atoms with E-state index in [0.29, 0.717) is 6.61 Å². The Kier molecular flexibility index (Phi) is 5.44. The van der Waals surface area contributed by atoms with Gasteiger partial charge >= 0.3 is 0 Å². The van der Waals surface area contributed by atoms with E-state index in [0.717, 1.165) is 29.4 Å². The Morgan fingerprint density at radius 1 is 1.45 bits per heavy atom. The minimum atomic E-state index is 0.210. The van der Waals surface area contributed by atoms with Crippen molar-refractivity contribution >= 4 is 11.6 Å². The van der Waals surface area contributed by atoms with E-state index in [1.165, 1.54) is 0 Å². The summed E-state index contributed by atoms with van der Waals surface area (Å²) in [6, 6.07) is 5.96. The summed E-state index contributed by atoms with van der Waals surface area (Å²) < 4.78 is 7.88. The van der Waals surface area contributed by atoms with Crippen LogP contribution in [0.1, 0.15) is 25.5 Å². The van der Waals surface area contributed by atoms with Crippen LogP contribution in [0.3, 0.4) is 0 Å². The minimum absolute atomic E-state index is 0.210. The zero-order valence-electron chi connectivity index (χ0n) is 11.8. The number of rotatable bonds is 7. The van der Waals surface area contributed by atoms with E-state index in [2.05, 4.69) is 24.1 Å². The summed E-state index contributed by atoms with van der Waals surface area (Å²) in [5.41, 5.74) is 1.09. The molecule has 0 saturated heterocycles. The Bertz CT molecular complexity index is 528. The number of benzene rings is 1. The highest BCUT2D eigenvalue weighted by Crippen LogP contribution is 2.28. The predicted octanol–water partition coefficient (Wildman–Crippen LogP) is 3.29. The summed E-state index contributed by atoms with van der Waals surface area (Å²) in [6.07, 6.45) is 5.47. The lowest BCUT2D eigenvalue weighted by atomic mass is 10.1. The molecule has 2 rings (SSSR count). The molecule has 1 heterocycles. The van der Waals surface area contributed by atoms with Crippen LogP contribution in [-0.2, 0) is 6.54 Å². The predicted molar refractivity (Wildman–Crippen MR) is 81.3 cm³/mol. The van der Waals surface area contributed by atoms with Crippen molar-refractivity contribution in [3.8, 4) is 5.75 Å². The zero-order valence-corrected chi connectivity index (χ0v) is 12.6. The molecule has 1 N–H and O–H groups in total. The van der Waals surface area contributed by atoms with Gasteiger partial charge in [-0.3, -0.25) is 0 Å². The maximum Gasteiger partial charge on any atom is 0.124 e. The Morgan fingerprint density at radius 3 is 3.00 bits per heavy atom.